The molecule has 0 aliphatic rings. The van der Waals surface area contributed by atoms with Gasteiger partial charge < -0.3 is 4.74 Å². The molecule has 1 atom stereocenters. The molecule has 0 unspecified atom stereocenters. The van der Waals surface area contributed by atoms with E-state index in [-0.39, 0.29) is 17.8 Å². The van der Waals surface area contributed by atoms with Crippen LogP contribution in [0.15, 0.2) is 0 Å². The number of Topliss-reactive ketones (excluding diaryl/α,β-unsaturated/α-hetero) is 1. The zero-order chi connectivity index (χ0) is 7.44. The quantitative estimate of drug-likeness (QED) is 0.574. The summed E-state index contributed by atoms with van der Waals surface area (Å²) in [6, 6.07) is 0. The summed E-state index contributed by atoms with van der Waals surface area (Å²) in [7, 11) is 1.56. The lowest BCUT2D eigenvalue weighted by atomic mass is 10.0. The van der Waals surface area contributed by atoms with Gasteiger partial charge in [-0.1, -0.05) is 13.8 Å². The number of hydrogen-bond acceptors (Lipinski definition) is 2. The summed E-state index contributed by atoms with van der Waals surface area (Å²) in [5.41, 5.74) is 0. The van der Waals surface area contributed by atoms with Gasteiger partial charge in [0.15, 0.2) is 5.78 Å². The Bertz CT molecular complexity index is 97.1. The van der Waals surface area contributed by atoms with Crippen LogP contribution in [-0.2, 0) is 9.53 Å². The predicted molar refractivity (Wildman–Crippen MR) is 36.3 cm³/mol. The largest absolute Gasteiger partial charge is 0.373 e. The molecule has 0 aliphatic carbocycles. The normalized spacial score (nSPS) is 13.9. The molecule has 0 fully saturated rings. The smallest absolute Gasteiger partial charge is 0.158 e. The summed E-state index contributed by atoms with van der Waals surface area (Å²) in [6.07, 6.45) is -0.218. The van der Waals surface area contributed by atoms with E-state index in [1.807, 2.05) is 13.8 Å². The van der Waals surface area contributed by atoms with Crippen molar-refractivity contribution in [3.63, 3.8) is 0 Å². The molecular weight excluding hydrogens is 116 g/mol. The third-order valence-corrected chi connectivity index (χ3v) is 1.26. The van der Waals surface area contributed by atoms with Crippen LogP contribution in [0.3, 0.4) is 0 Å². The van der Waals surface area contributed by atoms with Crippen LogP contribution in [0.2, 0.25) is 0 Å². The maximum absolute atomic E-state index is 10.7. The number of hydrogen-bond donors (Lipinski definition) is 0. The van der Waals surface area contributed by atoms with Crippen LogP contribution in [0, 0.1) is 5.92 Å². The van der Waals surface area contributed by atoms with Crippen molar-refractivity contribution in [2.24, 2.45) is 5.92 Å². The molecule has 0 amide bonds. The first-order valence-corrected chi connectivity index (χ1v) is 3.12. The van der Waals surface area contributed by atoms with Gasteiger partial charge in [0.1, 0.15) is 6.10 Å². The Labute approximate surface area is 56.2 Å². The van der Waals surface area contributed by atoms with Crippen molar-refractivity contribution in [1.29, 1.82) is 0 Å². The van der Waals surface area contributed by atoms with Crippen LogP contribution in [0.4, 0.5) is 0 Å². The summed E-state index contributed by atoms with van der Waals surface area (Å²) in [6.45, 7) is 5.49. The molecule has 0 radical (unpaired) electrons. The Kier molecular flexibility index (Phi) is 3.47. The molecule has 2 heteroatoms. The molecule has 0 aromatic rings. The molecule has 54 valence electrons. The van der Waals surface area contributed by atoms with Gasteiger partial charge in [-0.2, -0.15) is 0 Å². The van der Waals surface area contributed by atoms with Gasteiger partial charge in [0.25, 0.3) is 0 Å². The summed E-state index contributed by atoms with van der Waals surface area (Å²) < 4.78 is 4.92. The maximum Gasteiger partial charge on any atom is 0.158 e. The van der Waals surface area contributed by atoms with Gasteiger partial charge in [0.05, 0.1) is 0 Å². The predicted octanol–water partition coefficient (Wildman–Crippen LogP) is 1.25. The van der Waals surface area contributed by atoms with Crippen LogP contribution in [0.5, 0.6) is 0 Å². The van der Waals surface area contributed by atoms with Crippen molar-refractivity contribution in [2.45, 2.75) is 26.9 Å². The van der Waals surface area contributed by atoms with E-state index >= 15 is 0 Å². The first-order chi connectivity index (χ1) is 4.09. The average molecular weight is 130 g/mol. The van der Waals surface area contributed by atoms with Gasteiger partial charge in [0.2, 0.25) is 0 Å². The number of ether oxygens (including phenoxy) is 1. The Hall–Kier alpha value is -0.370. The first kappa shape index (κ1) is 8.63. The molecule has 0 heterocycles. The number of carbonyl (C=O) groups excluding carboxylic acids is 1. The van der Waals surface area contributed by atoms with Crippen LogP contribution >= 0.6 is 0 Å². The summed E-state index contributed by atoms with van der Waals surface area (Å²) in [5.74, 6) is 0.389. The second-order valence-corrected chi connectivity index (χ2v) is 2.51. The van der Waals surface area contributed by atoms with E-state index in [9.17, 15) is 4.79 Å². The zero-order valence-electron chi connectivity index (χ0n) is 6.47. The lowest BCUT2D eigenvalue weighted by Crippen LogP contribution is -2.25. The minimum atomic E-state index is -0.218. The highest BCUT2D eigenvalue weighted by Gasteiger charge is 2.16. The van der Waals surface area contributed by atoms with E-state index in [2.05, 4.69) is 0 Å². The second kappa shape index (κ2) is 3.62. The molecule has 0 saturated heterocycles. The topological polar surface area (TPSA) is 26.3 Å². The van der Waals surface area contributed by atoms with Crippen molar-refractivity contribution in [2.75, 3.05) is 7.11 Å². The summed E-state index contributed by atoms with van der Waals surface area (Å²) >= 11 is 0. The fourth-order valence-electron chi connectivity index (χ4n) is 0.908. The van der Waals surface area contributed by atoms with Crippen LogP contribution in [0.1, 0.15) is 20.8 Å². The minimum absolute atomic E-state index is 0.104. The van der Waals surface area contributed by atoms with E-state index in [4.69, 9.17) is 4.74 Å². The molecule has 2 nitrogen and oxygen atoms in total. The molecule has 0 saturated carbocycles. The Morgan fingerprint density at radius 3 is 1.89 bits per heavy atom. The SMILES string of the molecule is CO[C@@H](C(C)=O)C(C)C. The monoisotopic (exact) mass is 130 g/mol. The minimum Gasteiger partial charge on any atom is -0.373 e. The molecule has 0 bridgehead atoms. The summed E-state index contributed by atoms with van der Waals surface area (Å²) in [4.78, 5) is 10.7. The van der Waals surface area contributed by atoms with Crippen LogP contribution < -0.4 is 0 Å². The fourth-order valence-corrected chi connectivity index (χ4v) is 0.908. The molecule has 0 aromatic heterocycles. The van der Waals surface area contributed by atoms with E-state index < -0.39 is 0 Å². The van der Waals surface area contributed by atoms with E-state index in [0.29, 0.717) is 0 Å². The Balaban J connectivity index is 3.83. The Morgan fingerprint density at radius 1 is 1.44 bits per heavy atom. The molecule has 0 aliphatic heterocycles. The maximum atomic E-state index is 10.7. The van der Waals surface area contributed by atoms with E-state index in [1.54, 1.807) is 14.0 Å². The highest BCUT2D eigenvalue weighted by atomic mass is 16.5. The molecule has 0 rings (SSSR count). The van der Waals surface area contributed by atoms with Crippen molar-refractivity contribution >= 4 is 5.78 Å². The van der Waals surface area contributed by atoms with Crippen molar-refractivity contribution in [3.05, 3.63) is 0 Å². The third-order valence-electron chi connectivity index (χ3n) is 1.26. The van der Waals surface area contributed by atoms with Crippen molar-refractivity contribution < 1.29 is 9.53 Å². The van der Waals surface area contributed by atoms with Gasteiger partial charge in [0, 0.05) is 7.11 Å². The van der Waals surface area contributed by atoms with Gasteiger partial charge in [-0.3, -0.25) is 4.79 Å². The highest BCUT2D eigenvalue weighted by molar-refractivity contribution is 5.80. The lowest BCUT2D eigenvalue weighted by Gasteiger charge is -2.14. The van der Waals surface area contributed by atoms with Gasteiger partial charge in [-0.05, 0) is 12.8 Å². The third kappa shape index (κ3) is 2.61. The number of carbonyl (C=O) groups is 1. The van der Waals surface area contributed by atoms with Crippen molar-refractivity contribution in [3.8, 4) is 0 Å². The van der Waals surface area contributed by atoms with Gasteiger partial charge in [-0.15, -0.1) is 0 Å². The standard InChI is InChI=1S/C7H14O2/c1-5(2)7(9-4)6(3)8/h5,7H,1-4H3/t7-/m1/s1. The van der Waals surface area contributed by atoms with E-state index in [0.717, 1.165) is 0 Å². The average Bonchev–Trinajstić information content (AvgIpc) is 1.64. The Morgan fingerprint density at radius 2 is 1.89 bits per heavy atom. The zero-order valence-corrected chi connectivity index (χ0v) is 6.47. The van der Waals surface area contributed by atoms with Crippen LogP contribution in [-0.4, -0.2) is 19.0 Å². The van der Waals surface area contributed by atoms with E-state index in [1.165, 1.54) is 0 Å². The molecule has 0 aromatic carbocycles. The molecule has 0 N–H and O–H groups in total. The summed E-state index contributed by atoms with van der Waals surface area (Å²) in [5, 5.41) is 0. The number of ketones is 1. The molecule has 0 spiro atoms. The first-order valence-electron chi connectivity index (χ1n) is 3.12. The number of rotatable bonds is 3. The van der Waals surface area contributed by atoms with Gasteiger partial charge in [-0.25, -0.2) is 0 Å². The van der Waals surface area contributed by atoms with Crippen molar-refractivity contribution in [1.82, 2.24) is 0 Å². The second-order valence-electron chi connectivity index (χ2n) is 2.51. The highest BCUT2D eigenvalue weighted by Crippen LogP contribution is 2.05. The molecular formula is C7H14O2. The lowest BCUT2D eigenvalue weighted by molar-refractivity contribution is -0.128. The fraction of sp³-hybridized carbons (Fsp3) is 0.857. The van der Waals surface area contributed by atoms with Crippen LogP contribution in [0.25, 0.3) is 0 Å². The molecule has 9 heavy (non-hydrogen) atoms. The van der Waals surface area contributed by atoms with Gasteiger partial charge >= 0.3 is 0 Å². The number of methoxy groups -OCH3 is 1.